The van der Waals surface area contributed by atoms with Crippen molar-refractivity contribution in [1.29, 1.82) is 0 Å². The second kappa shape index (κ2) is 6.37. The molecule has 0 spiro atoms. The summed E-state index contributed by atoms with van der Waals surface area (Å²) >= 11 is 0. The van der Waals surface area contributed by atoms with E-state index in [1.54, 1.807) is 24.3 Å². The van der Waals surface area contributed by atoms with Gasteiger partial charge in [-0.2, -0.15) is 0 Å². The minimum Gasteiger partial charge on any atom is -0.480 e. The Morgan fingerprint density at radius 2 is 1.95 bits per heavy atom. The average molecular weight is 297 g/mol. The van der Waals surface area contributed by atoms with Crippen molar-refractivity contribution in [2.45, 2.75) is 31.7 Å². The van der Waals surface area contributed by atoms with E-state index in [1.807, 2.05) is 6.07 Å². The van der Waals surface area contributed by atoms with Crippen molar-refractivity contribution in [1.82, 2.24) is 4.72 Å². The molecular weight excluding hydrogens is 278 g/mol. The third-order valence-electron chi connectivity index (χ3n) is 3.39. The summed E-state index contributed by atoms with van der Waals surface area (Å²) in [5.41, 5.74) is 0.796. The van der Waals surface area contributed by atoms with Gasteiger partial charge in [0, 0.05) is 0 Å². The molecule has 0 bridgehead atoms. The second-order valence-corrected chi connectivity index (χ2v) is 7.12. The Hall–Kier alpha value is -1.40. The number of rotatable bonds is 8. The van der Waals surface area contributed by atoms with Gasteiger partial charge in [-0.05, 0) is 24.3 Å². The molecule has 20 heavy (non-hydrogen) atoms. The molecular formula is C14H19NO4S. The molecule has 1 fully saturated rings. The van der Waals surface area contributed by atoms with Gasteiger partial charge in [0.25, 0.3) is 0 Å². The van der Waals surface area contributed by atoms with E-state index in [0.29, 0.717) is 12.3 Å². The Kier molecular flexibility index (Phi) is 4.77. The lowest BCUT2D eigenvalue weighted by atomic mass is 10.1. The number of carbonyl (C=O) groups is 1. The van der Waals surface area contributed by atoms with Gasteiger partial charge >= 0.3 is 5.97 Å². The molecule has 5 nitrogen and oxygen atoms in total. The standard InChI is InChI=1S/C14H19NO4S/c16-14(17)13(10-12-4-2-1-3-5-12)15-20(18,19)9-8-11-6-7-11/h1-5,11,13,15H,6-10H2,(H,16,17)/t13-/m1/s1. The zero-order valence-electron chi connectivity index (χ0n) is 11.2. The molecule has 1 aromatic rings. The summed E-state index contributed by atoms with van der Waals surface area (Å²) < 4.78 is 26.1. The molecule has 0 aromatic heterocycles. The van der Waals surface area contributed by atoms with Gasteiger partial charge in [0.05, 0.1) is 5.75 Å². The average Bonchev–Trinajstić information content (AvgIpc) is 3.21. The zero-order chi connectivity index (χ0) is 14.6. The lowest BCUT2D eigenvalue weighted by Crippen LogP contribution is -2.43. The van der Waals surface area contributed by atoms with E-state index in [1.165, 1.54) is 0 Å². The SMILES string of the molecule is O=C(O)[C@@H](Cc1ccccc1)NS(=O)(=O)CCC1CC1. The molecule has 1 atom stereocenters. The van der Waals surface area contributed by atoms with E-state index in [0.717, 1.165) is 18.4 Å². The van der Waals surface area contributed by atoms with Gasteiger partial charge in [0.2, 0.25) is 10.0 Å². The topological polar surface area (TPSA) is 83.5 Å². The maximum atomic E-state index is 11.9. The Morgan fingerprint density at radius 1 is 1.30 bits per heavy atom. The van der Waals surface area contributed by atoms with Crippen LogP contribution >= 0.6 is 0 Å². The number of nitrogens with one attached hydrogen (secondary N) is 1. The van der Waals surface area contributed by atoms with Crippen molar-refractivity contribution in [2.75, 3.05) is 5.75 Å². The van der Waals surface area contributed by atoms with Gasteiger partial charge < -0.3 is 5.11 Å². The van der Waals surface area contributed by atoms with Crippen LogP contribution in [0.1, 0.15) is 24.8 Å². The highest BCUT2D eigenvalue weighted by molar-refractivity contribution is 7.89. The molecule has 0 unspecified atom stereocenters. The van der Waals surface area contributed by atoms with E-state index in [9.17, 15) is 13.2 Å². The van der Waals surface area contributed by atoms with E-state index >= 15 is 0 Å². The van der Waals surface area contributed by atoms with Crippen molar-refractivity contribution in [3.8, 4) is 0 Å². The summed E-state index contributed by atoms with van der Waals surface area (Å²) in [5.74, 6) is -0.635. The van der Waals surface area contributed by atoms with Crippen molar-refractivity contribution in [3.05, 3.63) is 35.9 Å². The molecule has 0 heterocycles. The summed E-state index contributed by atoms with van der Waals surface area (Å²) in [7, 11) is -3.53. The highest BCUT2D eigenvalue weighted by atomic mass is 32.2. The largest absolute Gasteiger partial charge is 0.480 e. The Labute approximate surface area is 119 Å². The molecule has 1 aliphatic carbocycles. The van der Waals surface area contributed by atoms with Crippen LogP contribution in [0, 0.1) is 5.92 Å². The number of carboxylic acids is 1. The minimum absolute atomic E-state index is 0.0102. The van der Waals surface area contributed by atoms with Gasteiger partial charge in [-0.1, -0.05) is 43.2 Å². The third-order valence-corrected chi connectivity index (χ3v) is 4.81. The van der Waals surface area contributed by atoms with Gasteiger partial charge in [-0.25, -0.2) is 13.1 Å². The molecule has 1 aliphatic rings. The van der Waals surface area contributed by atoms with Crippen LogP contribution in [0.15, 0.2) is 30.3 Å². The molecule has 0 saturated heterocycles. The van der Waals surface area contributed by atoms with Gasteiger partial charge in [0.15, 0.2) is 0 Å². The van der Waals surface area contributed by atoms with Crippen LogP contribution in [0.25, 0.3) is 0 Å². The summed E-state index contributed by atoms with van der Waals surface area (Å²) in [6, 6.07) is 7.90. The van der Waals surface area contributed by atoms with Gasteiger partial charge in [0.1, 0.15) is 6.04 Å². The van der Waals surface area contributed by atoms with Gasteiger partial charge in [-0.15, -0.1) is 0 Å². The number of carboxylic acid groups (broad SMARTS) is 1. The molecule has 2 N–H and O–H groups in total. The highest BCUT2D eigenvalue weighted by Gasteiger charge is 2.27. The predicted molar refractivity (Wildman–Crippen MR) is 75.8 cm³/mol. The number of hydrogen-bond donors (Lipinski definition) is 2. The molecule has 110 valence electrons. The fourth-order valence-corrected chi connectivity index (χ4v) is 3.41. The lowest BCUT2D eigenvalue weighted by Gasteiger charge is -2.14. The minimum atomic E-state index is -3.53. The number of aliphatic carboxylic acids is 1. The number of hydrogen-bond acceptors (Lipinski definition) is 3. The summed E-state index contributed by atoms with van der Waals surface area (Å²) in [5, 5.41) is 9.16. The van der Waals surface area contributed by atoms with Crippen molar-refractivity contribution in [3.63, 3.8) is 0 Å². The van der Waals surface area contributed by atoms with Crippen molar-refractivity contribution in [2.24, 2.45) is 5.92 Å². The number of benzene rings is 1. The monoisotopic (exact) mass is 297 g/mol. The van der Waals surface area contributed by atoms with Crippen molar-refractivity contribution < 1.29 is 18.3 Å². The third kappa shape index (κ3) is 4.94. The lowest BCUT2D eigenvalue weighted by molar-refractivity contribution is -0.138. The Bertz CT molecular complexity index is 552. The molecule has 6 heteroatoms. The number of sulfonamides is 1. The highest BCUT2D eigenvalue weighted by Crippen LogP contribution is 2.32. The first-order valence-corrected chi connectivity index (χ1v) is 8.38. The molecule has 0 radical (unpaired) electrons. The fourth-order valence-electron chi connectivity index (χ4n) is 2.03. The maximum absolute atomic E-state index is 11.9. The van der Waals surface area contributed by atoms with Crippen LogP contribution in [0.4, 0.5) is 0 Å². The van der Waals surface area contributed by atoms with Crippen LogP contribution in [-0.4, -0.2) is 31.3 Å². The van der Waals surface area contributed by atoms with Crippen LogP contribution in [0.3, 0.4) is 0 Å². The van der Waals surface area contributed by atoms with E-state index in [2.05, 4.69) is 4.72 Å². The van der Waals surface area contributed by atoms with Crippen LogP contribution in [-0.2, 0) is 21.2 Å². The first-order valence-electron chi connectivity index (χ1n) is 6.73. The molecule has 1 aromatic carbocycles. The predicted octanol–water partition coefficient (Wildman–Crippen LogP) is 1.40. The van der Waals surface area contributed by atoms with E-state index in [-0.39, 0.29) is 12.2 Å². The summed E-state index contributed by atoms with van der Waals surface area (Å²) in [6.07, 6.45) is 2.94. The Balaban J connectivity index is 1.95. The van der Waals surface area contributed by atoms with Gasteiger partial charge in [-0.3, -0.25) is 4.79 Å². The zero-order valence-corrected chi connectivity index (χ0v) is 12.0. The quantitative estimate of drug-likeness (QED) is 0.760. The van der Waals surface area contributed by atoms with Crippen LogP contribution in [0.5, 0.6) is 0 Å². The summed E-state index contributed by atoms with van der Waals surface area (Å²) in [4.78, 5) is 11.2. The van der Waals surface area contributed by atoms with E-state index in [4.69, 9.17) is 5.11 Å². The Morgan fingerprint density at radius 3 is 2.50 bits per heavy atom. The second-order valence-electron chi connectivity index (χ2n) is 5.25. The van der Waals surface area contributed by atoms with Crippen LogP contribution < -0.4 is 4.72 Å². The maximum Gasteiger partial charge on any atom is 0.322 e. The molecule has 2 rings (SSSR count). The molecule has 1 saturated carbocycles. The molecule has 0 aliphatic heterocycles. The first kappa shape index (κ1) is 15.0. The fraction of sp³-hybridized carbons (Fsp3) is 0.500. The first-order chi connectivity index (χ1) is 9.46. The smallest absolute Gasteiger partial charge is 0.322 e. The van der Waals surface area contributed by atoms with Crippen molar-refractivity contribution >= 4 is 16.0 Å². The summed E-state index contributed by atoms with van der Waals surface area (Å²) in [6.45, 7) is 0. The van der Waals surface area contributed by atoms with E-state index < -0.39 is 22.0 Å². The normalized spacial score (nSPS) is 16.8. The molecule has 0 amide bonds. The van der Waals surface area contributed by atoms with Crippen LogP contribution in [0.2, 0.25) is 0 Å².